The van der Waals surface area contributed by atoms with E-state index in [4.69, 9.17) is 11.6 Å². The Labute approximate surface area is 151 Å². The predicted octanol–water partition coefficient (Wildman–Crippen LogP) is 2.89. The number of anilines is 2. The Morgan fingerprint density at radius 3 is 2.68 bits per heavy atom. The van der Waals surface area contributed by atoms with Crippen LogP contribution in [0.4, 0.5) is 11.4 Å². The minimum Gasteiger partial charge on any atom is -0.380 e. The Morgan fingerprint density at radius 1 is 1.28 bits per heavy atom. The van der Waals surface area contributed by atoms with Crippen LogP contribution in [0, 0.1) is 6.92 Å². The number of benzene rings is 1. The highest BCUT2D eigenvalue weighted by molar-refractivity contribution is 7.91. The van der Waals surface area contributed by atoms with E-state index in [9.17, 15) is 13.2 Å². The number of carbonyl (C=O) groups excluding carboxylic acids is 1. The summed E-state index contributed by atoms with van der Waals surface area (Å²) in [6.07, 6.45) is 2.12. The zero-order valence-electron chi connectivity index (χ0n) is 13.6. The van der Waals surface area contributed by atoms with Gasteiger partial charge in [0, 0.05) is 16.8 Å². The summed E-state index contributed by atoms with van der Waals surface area (Å²) in [6.45, 7) is 1.86. The van der Waals surface area contributed by atoms with Gasteiger partial charge in [-0.1, -0.05) is 11.6 Å². The lowest BCUT2D eigenvalue weighted by atomic mass is 10.2. The van der Waals surface area contributed by atoms with Crippen molar-refractivity contribution in [3.05, 3.63) is 52.8 Å². The minimum atomic E-state index is -2.94. The van der Waals surface area contributed by atoms with Crippen LogP contribution in [0.1, 0.15) is 22.5 Å². The molecule has 1 aromatic heterocycles. The number of hydrogen-bond acceptors (Lipinski definition) is 5. The Bertz CT molecular complexity index is 898. The van der Waals surface area contributed by atoms with Gasteiger partial charge in [-0.3, -0.25) is 4.79 Å². The number of amides is 1. The maximum absolute atomic E-state index is 12.3. The highest BCUT2D eigenvalue weighted by Crippen LogP contribution is 2.21. The van der Waals surface area contributed by atoms with Crippen LogP contribution in [0.15, 0.2) is 36.5 Å². The molecule has 0 bridgehead atoms. The normalized spacial score (nSPS) is 18.7. The topological polar surface area (TPSA) is 88.2 Å². The van der Waals surface area contributed by atoms with Crippen molar-refractivity contribution in [1.29, 1.82) is 0 Å². The number of sulfone groups is 1. The molecule has 132 valence electrons. The second-order valence-corrected chi connectivity index (χ2v) is 8.75. The van der Waals surface area contributed by atoms with E-state index in [0.717, 1.165) is 5.56 Å². The first-order valence-electron chi connectivity index (χ1n) is 7.83. The summed E-state index contributed by atoms with van der Waals surface area (Å²) in [5.41, 5.74) is 2.51. The van der Waals surface area contributed by atoms with Crippen molar-refractivity contribution < 1.29 is 13.2 Å². The highest BCUT2D eigenvalue weighted by atomic mass is 35.5. The number of hydrogen-bond donors (Lipinski definition) is 2. The second kappa shape index (κ2) is 7.01. The molecule has 1 unspecified atom stereocenters. The van der Waals surface area contributed by atoms with Crippen LogP contribution in [0.25, 0.3) is 0 Å². The van der Waals surface area contributed by atoms with Gasteiger partial charge in [-0.15, -0.1) is 0 Å². The molecular weight excluding hydrogens is 362 g/mol. The summed E-state index contributed by atoms with van der Waals surface area (Å²) >= 11 is 5.91. The Balaban J connectivity index is 1.64. The van der Waals surface area contributed by atoms with Crippen molar-refractivity contribution in [2.24, 2.45) is 0 Å². The van der Waals surface area contributed by atoms with Crippen LogP contribution >= 0.6 is 11.6 Å². The SMILES string of the molecule is Cc1cc(Cl)ccc1NC(=O)c1ccc(NC2CCS(=O)(=O)C2)cn1. The fourth-order valence-corrected chi connectivity index (χ4v) is 4.61. The monoisotopic (exact) mass is 379 g/mol. The molecule has 25 heavy (non-hydrogen) atoms. The first-order chi connectivity index (χ1) is 11.8. The van der Waals surface area contributed by atoms with Gasteiger partial charge in [0.05, 0.1) is 23.4 Å². The van der Waals surface area contributed by atoms with Gasteiger partial charge in [0.25, 0.3) is 5.91 Å². The zero-order chi connectivity index (χ0) is 18.0. The van der Waals surface area contributed by atoms with Crippen molar-refractivity contribution in [3.8, 4) is 0 Å². The molecule has 8 heteroatoms. The van der Waals surface area contributed by atoms with Crippen LogP contribution < -0.4 is 10.6 Å². The lowest BCUT2D eigenvalue weighted by Crippen LogP contribution is -2.21. The molecular formula is C17H18ClN3O3S. The van der Waals surface area contributed by atoms with E-state index in [1.165, 1.54) is 6.20 Å². The average Bonchev–Trinajstić information content (AvgIpc) is 2.89. The number of rotatable bonds is 4. The predicted molar refractivity (Wildman–Crippen MR) is 99.1 cm³/mol. The van der Waals surface area contributed by atoms with Gasteiger partial charge in [-0.2, -0.15) is 0 Å². The molecule has 1 saturated heterocycles. The summed E-state index contributed by atoms with van der Waals surface area (Å²) in [5.74, 6) is 0.0184. The van der Waals surface area contributed by atoms with Crippen LogP contribution in [0.3, 0.4) is 0 Å². The van der Waals surface area contributed by atoms with E-state index in [0.29, 0.717) is 22.8 Å². The van der Waals surface area contributed by atoms with Gasteiger partial charge in [0.2, 0.25) is 0 Å². The lowest BCUT2D eigenvalue weighted by Gasteiger charge is -2.12. The zero-order valence-corrected chi connectivity index (χ0v) is 15.2. The molecule has 0 saturated carbocycles. The standard InChI is InChI=1S/C17H18ClN3O3S/c1-11-8-12(18)2-4-15(11)21-17(22)16-5-3-13(9-19-16)20-14-6-7-25(23,24)10-14/h2-5,8-9,14,20H,6-7,10H2,1H3,(H,21,22). The van der Waals surface area contributed by atoms with E-state index in [1.54, 1.807) is 30.3 Å². The molecule has 0 aliphatic carbocycles. The van der Waals surface area contributed by atoms with Crippen molar-refractivity contribution in [2.75, 3.05) is 22.1 Å². The number of aromatic nitrogens is 1. The fourth-order valence-electron chi connectivity index (χ4n) is 2.71. The van der Waals surface area contributed by atoms with Gasteiger partial charge in [0.15, 0.2) is 9.84 Å². The summed E-state index contributed by atoms with van der Waals surface area (Å²) in [5, 5.41) is 6.55. The van der Waals surface area contributed by atoms with Crippen LogP contribution in [0.5, 0.6) is 0 Å². The lowest BCUT2D eigenvalue weighted by molar-refractivity contribution is 0.102. The third-order valence-electron chi connectivity index (χ3n) is 4.04. The summed E-state index contributed by atoms with van der Waals surface area (Å²) in [7, 11) is -2.94. The number of halogens is 1. The van der Waals surface area contributed by atoms with Crippen LogP contribution in [0.2, 0.25) is 5.02 Å². The largest absolute Gasteiger partial charge is 0.380 e. The Hall–Kier alpha value is -2.12. The molecule has 0 spiro atoms. The van der Waals surface area contributed by atoms with Gasteiger partial charge in [-0.25, -0.2) is 13.4 Å². The molecule has 1 aliphatic heterocycles. The fraction of sp³-hybridized carbons (Fsp3) is 0.294. The molecule has 1 amide bonds. The van der Waals surface area contributed by atoms with Crippen LogP contribution in [-0.4, -0.2) is 36.9 Å². The van der Waals surface area contributed by atoms with E-state index in [-0.39, 0.29) is 29.1 Å². The molecule has 2 N–H and O–H groups in total. The van der Waals surface area contributed by atoms with Gasteiger partial charge in [-0.05, 0) is 49.2 Å². The third kappa shape index (κ3) is 4.49. The summed E-state index contributed by atoms with van der Waals surface area (Å²) in [6, 6.07) is 8.44. The van der Waals surface area contributed by atoms with Crippen molar-refractivity contribution >= 4 is 38.7 Å². The summed E-state index contributed by atoms with van der Waals surface area (Å²) in [4.78, 5) is 16.4. The third-order valence-corrected chi connectivity index (χ3v) is 6.04. The number of nitrogens with zero attached hydrogens (tertiary/aromatic N) is 1. The maximum atomic E-state index is 12.3. The van der Waals surface area contributed by atoms with Gasteiger partial charge >= 0.3 is 0 Å². The second-order valence-electron chi connectivity index (χ2n) is 6.09. The molecule has 0 radical (unpaired) electrons. The molecule has 1 aliphatic rings. The van der Waals surface area contributed by atoms with Gasteiger partial charge < -0.3 is 10.6 Å². The molecule has 1 aromatic carbocycles. The highest BCUT2D eigenvalue weighted by Gasteiger charge is 2.27. The number of nitrogens with one attached hydrogen (secondary N) is 2. The smallest absolute Gasteiger partial charge is 0.274 e. The maximum Gasteiger partial charge on any atom is 0.274 e. The van der Waals surface area contributed by atoms with Crippen molar-refractivity contribution in [3.63, 3.8) is 0 Å². The first kappa shape index (κ1) is 17.7. The summed E-state index contributed by atoms with van der Waals surface area (Å²) < 4.78 is 23.0. The number of pyridine rings is 1. The Morgan fingerprint density at radius 2 is 2.08 bits per heavy atom. The van der Waals surface area contributed by atoms with E-state index < -0.39 is 9.84 Å². The minimum absolute atomic E-state index is 0.108. The quantitative estimate of drug-likeness (QED) is 0.852. The Kier molecular flexibility index (Phi) is 4.96. The van der Waals surface area contributed by atoms with E-state index >= 15 is 0 Å². The molecule has 1 atom stereocenters. The molecule has 2 heterocycles. The van der Waals surface area contributed by atoms with E-state index in [1.807, 2.05) is 6.92 Å². The number of aryl methyl sites for hydroxylation is 1. The number of carbonyl (C=O) groups is 1. The van der Waals surface area contributed by atoms with Gasteiger partial charge in [0.1, 0.15) is 5.69 Å². The molecule has 2 aromatic rings. The molecule has 3 rings (SSSR count). The van der Waals surface area contributed by atoms with Crippen molar-refractivity contribution in [2.45, 2.75) is 19.4 Å². The van der Waals surface area contributed by atoms with Crippen molar-refractivity contribution in [1.82, 2.24) is 4.98 Å². The molecule has 6 nitrogen and oxygen atoms in total. The van der Waals surface area contributed by atoms with E-state index in [2.05, 4.69) is 15.6 Å². The van der Waals surface area contributed by atoms with Crippen LogP contribution in [-0.2, 0) is 9.84 Å². The average molecular weight is 380 g/mol. The first-order valence-corrected chi connectivity index (χ1v) is 10.0. The molecule has 1 fully saturated rings.